The summed E-state index contributed by atoms with van der Waals surface area (Å²) in [5.74, 6) is -1.05. The van der Waals surface area contributed by atoms with E-state index in [0.29, 0.717) is 17.8 Å². The van der Waals surface area contributed by atoms with Gasteiger partial charge >= 0.3 is 5.97 Å². The molecule has 6 heteroatoms. The van der Waals surface area contributed by atoms with Gasteiger partial charge in [-0.3, -0.25) is 9.78 Å². The van der Waals surface area contributed by atoms with Crippen molar-refractivity contribution in [2.45, 2.75) is 0 Å². The number of aromatic nitrogens is 1. The molecule has 106 valence electrons. The van der Waals surface area contributed by atoms with E-state index in [1.54, 1.807) is 36.7 Å². The molecule has 1 N–H and O–H groups in total. The molecule has 1 aliphatic heterocycles. The maximum Gasteiger partial charge on any atom is 0.339 e. The fourth-order valence-corrected chi connectivity index (χ4v) is 2.28. The first-order valence-electron chi connectivity index (χ1n) is 6.39. The lowest BCUT2D eigenvalue weighted by molar-refractivity contribution is 0.0690. The summed E-state index contributed by atoms with van der Waals surface area (Å²) in [4.78, 5) is 29.2. The van der Waals surface area contributed by atoms with Crippen LogP contribution >= 0.6 is 0 Å². The summed E-state index contributed by atoms with van der Waals surface area (Å²) in [6.45, 7) is 0.630. The maximum absolute atomic E-state index is 12.5. The number of carbonyl (C=O) groups excluding carboxylic acids is 1. The number of para-hydroxylation sites is 1. The minimum absolute atomic E-state index is 0.0553. The molecule has 2 heterocycles. The van der Waals surface area contributed by atoms with Gasteiger partial charge < -0.3 is 14.7 Å². The highest BCUT2D eigenvalue weighted by Crippen LogP contribution is 2.35. The Balaban J connectivity index is 2.04. The molecule has 0 spiro atoms. The van der Waals surface area contributed by atoms with Crippen LogP contribution in [0.3, 0.4) is 0 Å². The molecule has 1 aromatic heterocycles. The van der Waals surface area contributed by atoms with Crippen LogP contribution in [0.5, 0.6) is 5.75 Å². The number of rotatable bonds is 2. The van der Waals surface area contributed by atoms with E-state index in [9.17, 15) is 14.7 Å². The summed E-state index contributed by atoms with van der Waals surface area (Å²) in [5, 5.41) is 9.19. The van der Waals surface area contributed by atoms with Crippen LogP contribution in [0.2, 0.25) is 0 Å². The molecule has 1 amide bonds. The molecule has 0 atom stereocenters. The lowest BCUT2D eigenvalue weighted by Crippen LogP contribution is -2.38. The second-order valence-corrected chi connectivity index (χ2v) is 4.50. The van der Waals surface area contributed by atoms with Gasteiger partial charge in [0.05, 0.1) is 12.2 Å². The van der Waals surface area contributed by atoms with Crippen molar-refractivity contribution in [2.75, 3.05) is 18.1 Å². The molecular formula is C15H12N2O4. The highest BCUT2D eigenvalue weighted by atomic mass is 16.5. The first kappa shape index (κ1) is 13.1. The van der Waals surface area contributed by atoms with E-state index in [1.165, 1.54) is 11.0 Å². The fraction of sp³-hybridized carbons (Fsp3) is 0.133. The third-order valence-corrected chi connectivity index (χ3v) is 3.25. The second kappa shape index (κ2) is 5.24. The molecule has 21 heavy (non-hydrogen) atoms. The van der Waals surface area contributed by atoms with Crippen molar-refractivity contribution in [3.05, 3.63) is 53.9 Å². The van der Waals surface area contributed by atoms with Gasteiger partial charge in [0, 0.05) is 18.0 Å². The summed E-state index contributed by atoms with van der Waals surface area (Å²) in [7, 11) is 0. The van der Waals surface area contributed by atoms with E-state index < -0.39 is 5.97 Å². The van der Waals surface area contributed by atoms with E-state index >= 15 is 0 Å². The smallest absolute Gasteiger partial charge is 0.339 e. The third-order valence-electron chi connectivity index (χ3n) is 3.25. The monoisotopic (exact) mass is 284 g/mol. The van der Waals surface area contributed by atoms with Crippen molar-refractivity contribution in [3.63, 3.8) is 0 Å². The Morgan fingerprint density at radius 3 is 2.67 bits per heavy atom. The molecular weight excluding hydrogens is 272 g/mol. The van der Waals surface area contributed by atoms with Crippen molar-refractivity contribution in [1.29, 1.82) is 0 Å². The zero-order valence-corrected chi connectivity index (χ0v) is 11.0. The third kappa shape index (κ3) is 2.31. The van der Waals surface area contributed by atoms with Crippen LogP contribution < -0.4 is 9.64 Å². The molecule has 2 aromatic rings. The van der Waals surface area contributed by atoms with Crippen LogP contribution in [0.15, 0.2) is 42.7 Å². The number of amides is 1. The van der Waals surface area contributed by atoms with Gasteiger partial charge in [0.25, 0.3) is 5.91 Å². The van der Waals surface area contributed by atoms with Crippen LogP contribution in [0, 0.1) is 0 Å². The summed E-state index contributed by atoms with van der Waals surface area (Å²) in [6.07, 6.45) is 3.09. The van der Waals surface area contributed by atoms with Crippen molar-refractivity contribution < 1.29 is 19.4 Å². The number of carboxylic acid groups (broad SMARTS) is 1. The second-order valence-electron chi connectivity index (χ2n) is 4.50. The van der Waals surface area contributed by atoms with E-state index in [0.717, 1.165) is 0 Å². The number of carboxylic acids is 1. The zero-order chi connectivity index (χ0) is 14.8. The van der Waals surface area contributed by atoms with Crippen LogP contribution in [0.1, 0.15) is 20.7 Å². The molecule has 0 saturated heterocycles. The predicted octanol–water partition coefficient (Wildman–Crippen LogP) is 1.82. The first-order valence-corrected chi connectivity index (χ1v) is 6.39. The van der Waals surface area contributed by atoms with Crippen molar-refractivity contribution >= 4 is 17.6 Å². The first-order chi connectivity index (χ1) is 10.2. The van der Waals surface area contributed by atoms with Crippen LogP contribution in [-0.4, -0.2) is 35.1 Å². The Morgan fingerprint density at radius 2 is 1.95 bits per heavy atom. The summed E-state index contributed by atoms with van der Waals surface area (Å²) in [6, 6.07) is 7.99. The molecule has 0 saturated carbocycles. The van der Waals surface area contributed by atoms with Crippen molar-refractivity contribution in [3.8, 4) is 5.75 Å². The molecule has 1 aromatic carbocycles. The number of hydrogen-bond donors (Lipinski definition) is 1. The van der Waals surface area contributed by atoms with Gasteiger partial charge in [-0.1, -0.05) is 6.07 Å². The minimum Gasteiger partial charge on any atom is -0.489 e. The molecule has 0 unspecified atom stereocenters. The number of aromatic carboxylic acids is 1. The maximum atomic E-state index is 12.5. The largest absolute Gasteiger partial charge is 0.489 e. The van der Waals surface area contributed by atoms with Gasteiger partial charge in [-0.2, -0.15) is 0 Å². The Kier molecular flexibility index (Phi) is 3.27. The van der Waals surface area contributed by atoms with E-state index in [4.69, 9.17) is 4.74 Å². The lowest BCUT2D eigenvalue weighted by atomic mass is 10.1. The topological polar surface area (TPSA) is 79.7 Å². The Bertz CT molecular complexity index is 700. The number of ether oxygens (including phenoxy) is 1. The highest BCUT2D eigenvalue weighted by molar-refractivity contribution is 6.08. The Morgan fingerprint density at radius 1 is 1.19 bits per heavy atom. The van der Waals surface area contributed by atoms with Crippen molar-refractivity contribution in [1.82, 2.24) is 4.98 Å². The normalized spacial score (nSPS) is 13.2. The van der Waals surface area contributed by atoms with Gasteiger partial charge in [-0.15, -0.1) is 0 Å². The molecule has 0 bridgehead atoms. The standard InChI is InChI=1S/C15H12N2O4/c18-14(10-4-6-16-7-5-10)17-8-9-21-13-11(15(19)20)2-1-3-12(13)17/h1-7H,8-9H2,(H,19,20). The van der Waals surface area contributed by atoms with Gasteiger partial charge in [0.15, 0.2) is 5.75 Å². The zero-order valence-electron chi connectivity index (χ0n) is 11.0. The van der Waals surface area contributed by atoms with Gasteiger partial charge in [-0.05, 0) is 24.3 Å². The van der Waals surface area contributed by atoms with E-state index in [1.807, 2.05) is 0 Å². The summed E-state index contributed by atoms with van der Waals surface area (Å²) >= 11 is 0. The number of benzene rings is 1. The molecule has 0 fully saturated rings. The van der Waals surface area contributed by atoms with Crippen molar-refractivity contribution in [2.24, 2.45) is 0 Å². The number of carbonyl (C=O) groups is 2. The van der Waals surface area contributed by atoms with Crippen LogP contribution in [0.25, 0.3) is 0 Å². The number of anilines is 1. The lowest BCUT2D eigenvalue weighted by Gasteiger charge is -2.30. The number of nitrogens with zero attached hydrogens (tertiary/aromatic N) is 2. The van der Waals surface area contributed by atoms with Crippen LogP contribution in [-0.2, 0) is 0 Å². The average Bonchev–Trinajstić information content (AvgIpc) is 2.53. The molecule has 0 radical (unpaired) electrons. The average molecular weight is 284 g/mol. The Labute approximate surface area is 120 Å². The van der Waals surface area contributed by atoms with Crippen LogP contribution in [0.4, 0.5) is 5.69 Å². The van der Waals surface area contributed by atoms with Gasteiger partial charge in [0.1, 0.15) is 12.2 Å². The highest BCUT2D eigenvalue weighted by Gasteiger charge is 2.28. The molecule has 1 aliphatic rings. The quantitative estimate of drug-likeness (QED) is 0.909. The number of pyridine rings is 1. The van der Waals surface area contributed by atoms with Gasteiger partial charge in [0.2, 0.25) is 0 Å². The Hall–Kier alpha value is -2.89. The number of hydrogen-bond acceptors (Lipinski definition) is 4. The van der Waals surface area contributed by atoms with E-state index in [-0.39, 0.29) is 23.8 Å². The van der Waals surface area contributed by atoms with Gasteiger partial charge in [-0.25, -0.2) is 4.79 Å². The minimum atomic E-state index is -1.08. The summed E-state index contributed by atoms with van der Waals surface area (Å²) in [5.41, 5.74) is 1.03. The predicted molar refractivity (Wildman–Crippen MR) is 74.8 cm³/mol. The number of fused-ring (bicyclic) bond motifs is 1. The molecule has 0 aliphatic carbocycles. The summed E-state index contributed by atoms with van der Waals surface area (Å²) < 4.78 is 5.45. The molecule has 6 nitrogen and oxygen atoms in total. The molecule has 3 rings (SSSR count). The van der Waals surface area contributed by atoms with E-state index in [2.05, 4.69) is 4.98 Å². The SMILES string of the molecule is O=C(O)c1cccc2c1OCCN2C(=O)c1ccncc1. The fourth-order valence-electron chi connectivity index (χ4n) is 2.28.